The zero-order valence-corrected chi connectivity index (χ0v) is 14.3. The molecule has 0 amide bonds. The van der Waals surface area contributed by atoms with Gasteiger partial charge in [0, 0.05) is 19.3 Å². The highest BCUT2D eigenvalue weighted by atomic mass is 16.5. The minimum absolute atomic E-state index is 0.266. The number of rotatable bonds is 4. The molecule has 0 N–H and O–H groups in total. The van der Waals surface area contributed by atoms with E-state index in [1.165, 1.54) is 16.7 Å². The van der Waals surface area contributed by atoms with Gasteiger partial charge in [0.15, 0.2) is 0 Å². The highest BCUT2D eigenvalue weighted by molar-refractivity contribution is 5.40. The van der Waals surface area contributed by atoms with Crippen LogP contribution in [0.15, 0.2) is 42.6 Å². The fourth-order valence-corrected chi connectivity index (χ4v) is 3.16. The van der Waals surface area contributed by atoms with Crippen molar-refractivity contribution in [3.8, 4) is 0 Å². The summed E-state index contributed by atoms with van der Waals surface area (Å²) >= 11 is 0. The van der Waals surface area contributed by atoms with Gasteiger partial charge in [-0.3, -0.25) is 0 Å². The van der Waals surface area contributed by atoms with Gasteiger partial charge in [0.05, 0.1) is 12.2 Å². The molecule has 2 aromatic rings. The SMILES string of the molecule is Cc1ccc(CCc2ccc(N3C[C@@H](C)O[C@H](C)C3)nc2)cc1. The van der Waals surface area contributed by atoms with E-state index in [0.29, 0.717) is 0 Å². The van der Waals surface area contributed by atoms with Crippen LogP contribution in [0.3, 0.4) is 0 Å². The molecule has 1 aliphatic rings. The highest BCUT2D eigenvalue weighted by Gasteiger charge is 2.22. The van der Waals surface area contributed by atoms with Gasteiger partial charge in [0.1, 0.15) is 5.82 Å². The molecule has 2 atom stereocenters. The van der Waals surface area contributed by atoms with E-state index in [9.17, 15) is 0 Å². The van der Waals surface area contributed by atoms with Crippen LogP contribution in [-0.2, 0) is 17.6 Å². The summed E-state index contributed by atoms with van der Waals surface area (Å²) in [5, 5.41) is 0. The topological polar surface area (TPSA) is 25.4 Å². The smallest absolute Gasteiger partial charge is 0.128 e. The highest BCUT2D eigenvalue weighted by Crippen LogP contribution is 2.19. The molecule has 1 aromatic carbocycles. The monoisotopic (exact) mass is 310 g/mol. The van der Waals surface area contributed by atoms with E-state index in [4.69, 9.17) is 4.74 Å². The molecule has 3 rings (SSSR count). The summed E-state index contributed by atoms with van der Waals surface area (Å²) in [4.78, 5) is 6.99. The normalized spacial score (nSPS) is 21.4. The van der Waals surface area contributed by atoms with E-state index in [2.05, 4.69) is 67.1 Å². The first-order valence-corrected chi connectivity index (χ1v) is 8.51. The number of benzene rings is 1. The maximum atomic E-state index is 5.79. The van der Waals surface area contributed by atoms with Crippen LogP contribution in [0.4, 0.5) is 5.82 Å². The van der Waals surface area contributed by atoms with Crippen molar-refractivity contribution in [1.29, 1.82) is 0 Å². The molecule has 1 aliphatic heterocycles. The largest absolute Gasteiger partial charge is 0.372 e. The van der Waals surface area contributed by atoms with Gasteiger partial charge in [-0.1, -0.05) is 35.9 Å². The number of nitrogens with zero attached hydrogens (tertiary/aromatic N) is 2. The molecule has 0 bridgehead atoms. The van der Waals surface area contributed by atoms with Crippen molar-refractivity contribution in [2.24, 2.45) is 0 Å². The van der Waals surface area contributed by atoms with E-state index in [-0.39, 0.29) is 12.2 Å². The maximum absolute atomic E-state index is 5.79. The average Bonchev–Trinajstić information content (AvgIpc) is 2.54. The van der Waals surface area contributed by atoms with Gasteiger partial charge < -0.3 is 9.64 Å². The fraction of sp³-hybridized carbons (Fsp3) is 0.450. The minimum Gasteiger partial charge on any atom is -0.372 e. The number of ether oxygens (including phenoxy) is 1. The van der Waals surface area contributed by atoms with E-state index in [1.54, 1.807) is 0 Å². The molecule has 2 heterocycles. The second-order valence-corrected chi connectivity index (χ2v) is 6.67. The zero-order valence-electron chi connectivity index (χ0n) is 14.3. The van der Waals surface area contributed by atoms with Gasteiger partial charge in [-0.2, -0.15) is 0 Å². The van der Waals surface area contributed by atoms with E-state index in [0.717, 1.165) is 31.7 Å². The van der Waals surface area contributed by atoms with E-state index >= 15 is 0 Å². The fourth-order valence-electron chi connectivity index (χ4n) is 3.16. The average molecular weight is 310 g/mol. The predicted octanol–water partition coefficient (Wildman–Crippen LogP) is 3.79. The van der Waals surface area contributed by atoms with Crippen molar-refractivity contribution in [2.45, 2.75) is 45.8 Å². The van der Waals surface area contributed by atoms with Crippen LogP contribution in [0.5, 0.6) is 0 Å². The molecule has 0 unspecified atom stereocenters. The number of anilines is 1. The quantitative estimate of drug-likeness (QED) is 0.859. The standard InChI is InChI=1S/C20H26N2O/c1-15-4-6-18(7-5-15)8-9-19-10-11-20(21-12-19)22-13-16(2)23-17(3)14-22/h4-7,10-12,16-17H,8-9,13-14H2,1-3H3/t16-,17-/m1/s1. The molecule has 0 spiro atoms. The van der Waals surface area contributed by atoms with Gasteiger partial charge in [0.25, 0.3) is 0 Å². The number of pyridine rings is 1. The minimum atomic E-state index is 0.266. The van der Waals surface area contributed by atoms with Crippen molar-refractivity contribution in [3.05, 3.63) is 59.3 Å². The molecule has 0 saturated carbocycles. The van der Waals surface area contributed by atoms with Gasteiger partial charge in [0.2, 0.25) is 0 Å². The maximum Gasteiger partial charge on any atom is 0.128 e. The van der Waals surface area contributed by atoms with Crippen LogP contribution in [0, 0.1) is 6.92 Å². The first-order chi connectivity index (χ1) is 11.1. The van der Waals surface area contributed by atoms with E-state index < -0.39 is 0 Å². The van der Waals surface area contributed by atoms with Crippen molar-refractivity contribution >= 4 is 5.82 Å². The molecule has 3 heteroatoms. The van der Waals surface area contributed by atoms with Crippen molar-refractivity contribution < 1.29 is 4.74 Å². The molecule has 1 fully saturated rings. The first-order valence-electron chi connectivity index (χ1n) is 8.51. The molecule has 1 aromatic heterocycles. The summed E-state index contributed by atoms with van der Waals surface area (Å²) in [5.74, 6) is 1.06. The third kappa shape index (κ3) is 4.32. The van der Waals surface area contributed by atoms with Gasteiger partial charge in [-0.05, 0) is 50.8 Å². The number of aryl methyl sites for hydroxylation is 3. The van der Waals surface area contributed by atoms with Gasteiger partial charge >= 0.3 is 0 Å². The lowest BCUT2D eigenvalue weighted by Crippen LogP contribution is -2.45. The molecule has 23 heavy (non-hydrogen) atoms. The molecule has 0 radical (unpaired) electrons. The Kier molecular flexibility index (Phi) is 4.97. The van der Waals surface area contributed by atoms with Crippen LogP contribution < -0.4 is 4.90 Å². The Balaban J connectivity index is 1.59. The predicted molar refractivity (Wildman–Crippen MR) is 95.0 cm³/mol. The third-order valence-corrected chi connectivity index (χ3v) is 4.38. The second kappa shape index (κ2) is 7.14. The summed E-state index contributed by atoms with van der Waals surface area (Å²) in [7, 11) is 0. The Morgan fingerprint density at radius 2 is 1.57 bits per heavy atom. The Morgan fingerprint density at radius 3 is 2.17 bits per heavy atom. The van der Waals surface area contributed by atoms with E-state index in [1.807, 2.05) is 6.20 Å². The molecule has 3 nitrogen and oxygen atoms in total. The number of morpholine rings is 1. The lowest BCUT2D eigenvalue weighted by molar-refractivity contribution is -0.00545. The lowest BCUT2D eigenvalue weighted by Gasteiger charge is -2.36. The summed E-state index contributed by atoms with van der Waals surface area (Å²) in [6.45, 7) is 8.21. The zero-order chi connectivity index (χ0) is 16.2. The summed E-state index contributed by atoms with van der Waals surface area (Å²) < 4.78 is 5.79. The lowest BCUT2D eigenvalue weighted by atomic mass is 10.0. The second-order valence-electron chi connectivity index (χ2n) is 6.67. The van der Waals surface area contributed by atoms with Crippen LogP contribution >= 0.6 is 0 Å². The summed E-state index contributed by atoms with van der Waals surface area (Å²) in [5.41, 5.74) is 3.99. The van der Waals surface area contributed by atoms with Crippen LogP contribution in [0.1, 0.15) is 30.5 Å². The number of hydrogen-bond acceptors (Lipinski definition) is 3. The summed E-state index contributed by atoms with van der Waals surface area (Å²) in [6, 6.07) is 13.1. The Bertz CT molecular complexity index is 611. The summed E-state index contributed by atoms with van der Waals surface area (Å²) in [6.07, 6.45) is 4.65. The van der Waals surface area contributed by atoms with Crippen LogP contribution in [0.2, 0.25) is 0 Å². The molecule has 1 saturated heterocycles. The van der Waals surface area contributed by atoms with Crippen LogP contribution in [-0.4, -0.2) is 30.3 Å². The molecule has 0 aliphatic carbocycles. The van der Waals surface area contributed by atoms with Crippen molar-refractivity contribution in [2.75, 3.05) is 18.0 Å². The molecular weight excluding hydrogens is 284 g/mol. The van der Waals surface area contributed by atoms with Crippen LogP contribution in [0.25, 0.3) is 0 Å². The van der Waals surface area contributed by atoms with Crippen molar-refractivity contribution in [3.63, 3.8) is 0 Å². The Morgan fingerprint density at radius 1 is 0.957 bits per heavy atom. The number of hydrogen-bond donors (Lipinski definition) is 0. The Labute approximate surface area is 139 Å². The third-order valence-electron chi connectivity index (χ3n) is 4.38. The van der Waals surface area contributed by atoms with Gasteiger partial charge in [-0.15, -0.1) is 0 Å². The molecule has 122 valence electrons. The van der Waals surface area contributed by atoms with Gasteiger partial charge in [-0.25, -0.2) is 4.98 Å². The molecular formula is C20H26N2O. The number of aromatic nitrogens is 1. The van der Waals surface area contributed by atoms with Crippen molar-refractivity contribution in [1.82, 2.24) is 4.98 Å². The Hall–Kier alpha value is -1.87. The first kappa shape index (κ1) is 16.0.